The molecule has 0 amide bonds. The van der Waals surface area contributed by atoms with Crippen molar-refractivity contribution >= 4 is 21.9 Å². The summed E-state index contributed by atoms with van der Waals surface area (Å²) in [6, 6.07) is 3.19. The number of hydrogen-bond donors (Lipinski definition) is 0. The number of likely N-dealkylation sites (N-methyl/N-ethyl adjacent to an activating group) is 1. The molecule has 0 saturated heterocycles. The van der Waals surface area contributed by atoms with Crippen LogP contribution in [-0.4, -0.2) is 63.3 Å². The van der Waals surface area contributed by atoms with Crippen LogP contribution in [0.4, 0.5) is 0 Å². The lowest BCUT2D eigenvalue weighted by molar-refractivity contribution is 0.0462. The van der Waals surface area contributed by atoms with E-state index in [4.69, 9.17) is 18.9 Å². The summed E-state index contributed by atoms with van der Waals surface area (Å²) in [6.07, 6.45) is 2.24. The SMILES string of the molecule is CCN(CCCC(C)Br)CCOC(=O)c1cc(OC)c(OC)c(OC)c1. The van der Waals surface area contributed by atoms with E-state index in [1.54, 1.807) is 12.1 Å². The second kappa shape index (κ2) is 12.0. The average molecular weight is 432 g/mol. The highest BCUT2D eigenvalue weighted by Gasteiger charge is 2.18. The maximum absolute atomic E-state index is 12.4. The fourth-order valence-electron chi connectivity index (χ4n) is 2.57. The molecular weight excluding hydrogens is 402 g/mol. The van der Waals surface area contributed by atoms with Gasteiger partial charge in [-0.05, 0) is 38.1 Å². The Morgan fingerprint density at radius 2 is 1.73 bits per heavy atom. The first kappa shape index (κ1) is 22.6. The van der Waals surface area contributed by atoms with Crippen molar-refractivity contribution in [1.29, 1.82) is 0 Å². The summed E-state index contributed by atoms with van der Waals surface area (Å²) in [7, 11) is 4.55. The molecule has 148 valence electrons. The average Bonchev–Trinajstić information content (AvgIpc) is 2.64. The highest BCUT2D eigenvalue weighted by Crippen LogP contribution is 2.38. The summed E-state index contributed by atoms with van der Waals surface area (Å²) in [6.45, 7) is 7.23. The normalized spacial score (nSPS) is 12.0. The van der Waals surface area contributed by atoms with Gasteiger partial charge in [-0.3, -0.25) is 0 Å². The van der Waals surface area contributed by atoms with Crippen molar-refractivity contribution in [2.45, 2.75) is 31.5 Å². The van der Waals surface area contributed by atoms with Crippen LogP contribution in [0, 0.1) is 0 Å². The van der Waals surface area contributed by atoms with Gasteiger partial charge in [0.05, 0.1) is 26.9 Å². The van der Waals surface area contributed by atoms with Gasteiger partial charge in [0.1, 0.15) is 6.61 Å². The molecule has 0 saturated carbocycles. The summed E-state index contributed by atoms with van der Waals surface area (Å²) < 4.78 is 21.2. The summed E-state index contributed by atoms with van der Waals surface area (Å²) in [5, 5.41) is 0. The molecule has 7 heteroatoms. The van der Waals surface area contributed by atoms with E-state index in [0.717, 1.165) is 25.9 Å². The minimum atomic E-state index is -0.408. The number of carbonyl (C=O) groups is 1. The summed E-state index contributed by atoms with van der Waals surface area (Å²) in [5.74, 6) is 0.898. The Labute approximate surface area is 164 Å². The summed E-state index contributed by atoms with van der Waals surface area (Å²) >= 11 is 3.56. The van der Waals surface area contributed by atoms with Gasteiger partial charge >= 0.3 is 5.97 Å². The molecule has 26 heavy (non-hydrogen) atoms. The summed E-state index contributed by atoms with van der Waals surface area (Å²) in [4.78, 5) is 15.2. The van der Waals surface area contributed by atoms with E-state index in [1.165, 1.54) is 21.3 Å². The zero-order valence-electron chi connectivity index (χ0n) is 16.3. The van der Waals surface area contributed by atoms with Gasteiger partial charge in [-0.2, -0.15) is 0 Å². The van der Waals surface area contributed by atoms with Crippen molar-refractivity contribution < 1.29 is 23.7 Å². The second-order valence-electron chi connectivity index (χ2n) is 5.91. The molecule has 0 heterocycles. The van der Waals surface area contributed by atoms with E-state index in [0.29, 0.717) is 40.8 Å². The lowest BCUT2D eigenvalue weighted by atomic mass is 10.2. The molecule has 0 bridgehead atoms. The van der Waals surface area contributed by atoms with Crippen molar-refractivity contribution in [3.8, 4) is 17.2 Å². The maximum Gasteiger partial charge on any atom is 0.338 e. The molecule has 0 spiro atoms. The van der Waals surface area contributed by atoms with Crippen LogP contribution in [0.5, 0.6) is 17.2 Å². The first-order valence-electron chi connectivity index (χ1n) is 8.80. The zero-order valence-corrected chi connectivity index (χ0v) is 17.9. The van der Waals surface area contributed by atoms with Crippen molar-refractivity contribution in [1.82, 2.24) is 4.90 Å². The molecule has 1 aromatic rings. The van der Waals surface area contributed by atoms with E-state index < -0.39 is 5.97 Å². The quantitative estimate of drug-likeness (QED) is 0.371. The lowest BCUT2D eigenvalue weighted by Crippen LogP contribution is -2.29. The molecule has 0 aromatic heterocycles. The van der Waals surface area contributed by atoms with Crippen molar-refractivity contribution in [3.63, 3.8) is 0 Å². The molecule has 0 N–H and O–H groups in total. The minimum absolute atomic E-state index is 0.340. The zero-order chi connectivity index (χ0) is 19.5. The van der Waals surface area contributed by atoms with Gasteiger partial charge in [-0.15, -0.1) is 0 Å². The van der Waals surface area contributed by atoms with Crippen LogP contribution in [0.15, 0.2) is 12.1 Å². The van der Waals surface area contributed by atoms with Crippen LogP contribution in [0.1, 0.15) is 37.0 Å². The molecule has 0 aliphatic carbocycles. The van der Waals surface area contributed by atoms with Gasteiger partial charge < -0.3 is 23.8 Å². The predicted octanol–water partition coefficient (Wildman–Crippen LogP) is 3.75. The molecule has 0 fully saturated rings. The third-order valence-corrected chi connectivity index (χ3v) is 4.52. The van der Waals surface area contributed by atoms with Crippen LogP contribution in [-0.2, 0) is 4.74 Å². The Balaban J connectivity index is 2.62. The fourth-order valence-corrected chi connectivity index (χ4v) is 2.90. The van der Waals surface area contributed by atoms with Crippen LogP contribution < -0.4 is 14.2 Å². The third-order valence-electron chi connectivity index (χ3n) is 4.06. The van der Waals surface area contributed by atoms with Gasteiger partial charge in [-0.25, -0.2) is 4.79 Å². The van der Waals surface area contributed by atoms with Gasteiger partial charge in [0.15, 0.2) is 11.5 Å². The highest BCUT2D eigenvalue weighted by atomic mass is 79.9. The van der Waals surface area contributed by atoms with Crippen molar-refractivity contribution in [2.24, 2.45) is 0 Å². The van der Waals surface area contributed by atoms with E-state index in [-0.39, 0.29) is 0 Å². The van der Waals surface area contributed by atoms with Gasteiger partial charge in [0, 0.05) is 11.4 Å². The van der Waals surface area contributed by atoms with Crippen LogP contribution in [0.3, 0.4) is 0 Å². The number of esters is 1. The van der Waals surface area contributed by atoms with Gasteiger partial charge in [0.25, 0.3) is 0 Å². The molecule has 1 atom stereocenters. The van der Waals surface area contributed by atoms with E-state index in [1.807, 2.05) is 0 Å². The number of halogens is 1. The van der Waals surface area contributed by atoms with Crippen LogP contribution in [0.25, 0.3) is 0 Å². The molecule has 1 unspecified atom stereocenters. The van der Waals surface area contributed by atoms with Crippen molar-refractivity contribution in [2.75, 3.05) is 47.6 Å². The number of hydrogen-bond acceptors (Lipinski definition) is 6. The Bertz CT molecular complexity index is 540. The molecule has 0 aliphatic rings. The molecule has 6 nitrogen and oxygen atoms in total. The molecule has 0 aliphatic heterocycles. The van der Waals surface area contributed by atoms with Gasteiger partial charge in [0.2, 0.25) is 5.75 Å². The lowest BCUT2D eigenvalue weighted by Gasteiger charge is -2.20. The second-order valence-corrected chi connectivity index (χ2v) is 7.47. The van der Waals surface area contributed by atoms with E-state index in [2.05, 4.69) is 34.7 Å². The van der Waals surface area contributed by atoms with Crippen LogP contribution >= 0.6 is 15.9 Å². The Morgan fingerprint density at radius 3 is 2.19 bits per heavy atom. The Morgan fingerprint density at radius 1 is 1.12 bits per heavy atom. The fraction of sp³-hybridized carbons (Fsp3) is 0.632. The molecule has 1 aromatic carbocycles. The molecule has 0 radical (unpaired) electrons. The third kappa shape index (κ3) is 7.03. The Kier molecular flexibility index (Phi) is 10.4. The monoisotopic (exact) mass is 431 g/mol. The van der Waals surface area contributed by atoms with E-state index >= 15 is 0 Å². The van der Waals surface area contributed by atoms with Crippen LogP contribution in [0.2, 0.25) is 0 Å². The number of nitrogens with zero attached hydrogens (tertiary/aromatic N) is 1. The van der Waals surface area contributed by atoms with E-state index in [9.17, 15) is 4.79 Å². The first-order chi connectivity index (χ1) is 12.5. The summed E-state index contributed by atoms with van der Waals surface area (Å²) in [5.41, 5.74) is 0.371. The number of ether oxygens (including phenoxy) is 4. The smallest absolute Gasteiger partial charge is 0.338 e. The number of carbonyl (C=O) groups excluding carboxylic acids is 1. The predicted molar refractivity (Wildman–Crippen MR) is 106 cm³/mol. The Hall–Kier alpha value is -1.47. The topological polar surface area (TPSA) is 57.2 Å². The first-order valence-corrected chi connectivity index (χ1v) is 9.71. The largest absolute Gasteiger partial charge is 0.493 e. The van der Waals surface area contributed by atoms with Crippen molar-refractivity contribution in [3.05, 3.63) is 17.7 Å². The standard InChI is InChI=1S/C19H30BrNO5/c1-6-21(9-7-8-14(2)20)10-11-26-19(22)15-12-16(23-3)18(25-5)17(13-15)24-4/h12-14H,6-11H2,1-5H3. The number of alkyl halides is 1. The number of rotatable bonds is 12. The molecular formula is C19H30BrNO5. The number of benzene rings is 1. The number of methoxy groups -OCH3 is 3. The molecule has 1 rings (SSSR count). The van der Waals surface area contributed by atoms with Gasteiger partial charge in [-0.1, -0.05) is 29.8 Å². The minimum Gasteiger partial charge on any atom is -0.493 e. The highest BCUT2D eigenvalue weighted by molar-refractivity contribution is 9.09. The maximum atomic E-state index is 12.4.